The highest BCUT2D eigenvalue weighted by Crippen LogP contribution is 2.23. The standard InChI is InChI=1S/C12H16N2OS/c1-8(2)12-14-10(6-16-12)4-9(3)11-5-15-7-13-11/h5-9H,4H2,1-3H3. The van der Waals surface area contributed by atoms with Gasteiger partial charge in [0.05, 0.1) is 16.4 Å². The predicted molar refractivity (Wildman–Crippen MR) is 64.8 cm³/mol. The summed E-state index contributed by atoms with van der Waals surface area (Å²) in [6.45, 7) is 6.49. The second kappa shape index (κ2) is 4.78. The van der Waals surface area contributed by atoms with Crippen molar-refractivity contribution >= 4 is 11.3 Å². The molecule has 2 heterocycles. The second-order valence-corrected chi connectivity index (χ2v) is 5.24. The molecule has 0 aromatic carbocycles. The molecule has 0 radical (unpaired) electrons. The number of oxazole rings is 1. The van der Waals surface area contributed by atoms with Crippen LogP contribution in [0.15, 0.2) is 22.5 Å². The van der Waals surface area contributed by atoms with Crippen molar-refractivity contribution in [2.24, 2.45) is 0 Å². The first-order valence-electron chi connectivity index (χ1n) is 5.49. The van der Waals surface area contributed by atoms with Crippen LogP contribution in [-0.4, -0.2) is 9.97 Å². The SMILES string of the molecule is CC(C)c1nc(CC(C)c2cocn2)cs1. The molecule has 16 heavy (non-hydrogen) atoms. The molecule has 0 fully saturated rings. The van der Waals surface area contributed by atoms with Gasteiger partial charge in [-0.2, -0.15) is 0 Å². The van der Waals surface area contributed by atoms with E-state index in [2.05, 4.69) is 36.1 Å². The zero-order chi connectivity index (χ0) is 11.5. The van der Waals surface area contributed by atoms with E-state index in [9.17, 15) is 0 Å². The molecule has 0 saturated heterocycles. The molecule has 2 aromatic heterocycles. The topological polar surface area (TPSA) is 38.9 Å². The molecule has 1 unspecified atom stereocenters. The van der Waals surface area contributed by atoms with E-state index in [1.807, 2.05) is 0 Å². The summed E-state index contributed by atoms with van der Waals surface area (Å²) in [7, 11) is 0. The summed E-state index contributed by atoms with van der Waals surface area (Å²) in [5.74, 6) is 0.877. The van der Waals surface area contributed by atoms with Gasteiger partial charge in [0.15, 0.2) is 6.39 Å². The van der Waals surface area contributed by atoms with Crippen molar-refractivity contribution in [3.8, 4) is 0 Å². The third-order valence-electron chi connectivity index (χ3n) is 2.54. The smallest absolute Gasteiger partial charge is 0.180 e. The normalized spacial score (nSPS) is 13.2. The van der Waals surface area contributed by atoms with Crippen LogP contribution in [-0.2, 0) is 6.42 Å². The third-order valence-corrected chi connectivity index (χ3v) is 3.73. The number of nitrogens with zero attached hydrogens (tertiary/aromatic N) is 2. The van der Waals surface area contributed by atoms with Gasteiger partial charge in [-0.3, -0.25) is 0 Å². The van der Waals surface area contributed by atoms with E-state index in [1.54, 1.807) is 17.6 Å². The van der Waals surface area contributed by atoms with Crippen LogP contribution < -0.4 is 0 Å². The first-order chi connectivity index (χ1) is 7.66. The monoisotopic (exact) mass is 236 g/mol. The first-order valence-corrected chi connectivity index (χ1v) is 6.37. The van der Waals surface area contributed by atoms with E-state index in [0.29, 0.717) is 11.8 Å². The largest absolute Gasteiger partial charge is 0.451 e. The van der Waals surface area contributed by atoms with E-state index in [0.717, 1.165) is 17.8 Å². The van der Waals surface area contributed by atoms with Crippen LogP contribution >= 0.6 is 11.3 Å². The number of aromatic nitrogens is 2. The molecule has 0 aliphatic carbocycles. The Kier molecular flexibility index (Phi) is 3.39. The summed E-state index contributed by atoms with van der Waals surface area (Å²) in [6.07, 6.45) is 4.11. The Bertz CT molecular complexity index is 434. The fourth-order valence-electron chi connectivity index (χ4n) is 1.57. The minimum atomic E-state index is 0.362. The van der Waals surface area contributed by atoms with Gasteiger partial charge in [-0.1, -0.05) is 20.8 Å². The third kappa shape index (κ3) is 2.50. The Morgan fingerprint density at radius 1 is 1.38 bits per heavy atom. The zero-order valence-electron chi connectivity index (χ0n) is 9.80. The Labute approximate surface area is 99.6 Å². The van der Waals surface area contributed by atoms with Gasteiger partial charge in [0.1, 0.15) is 6.26 Å². The van der Waals surface area contributed by atoms with Crippen molar-refractivity contribution in [1.82, 2.24) is 9.97 Å². The van der Waals surface area contributed by atoms with Gasteiger partial charge in [0.25, 0.3) is 0 Å². The number of rotatable bonds is 4. The van der Waals surface area contributed by atoms with E-state index < -0.39 is 0 Å². The minimum Gasteiger partial charge on any atom is -0.451 e. The summed E-state index contributed by atoms with van der Waals surface area (Å²) in [6, 6.07) is 0. The Morgan fingerprint density at radius 3 is 2.75 bits per heavy atom. The maximum Gasteiger partial charge on any atom is 0.180 e. The molecule has 4 heteroatoms. The van der Waals surface area contributed by atoms with Crippen molar-refractivity contribution in [2.45, 2.75) is 39.0 Å². The van der Waals surface area contributed by atoms with E-state index in [1.165, 1.54) is 11.4 Å². The molecular formula is C12H16N2OS. The molecule has 0 saturated carbocycles. The van der Waals surface area contributed by atoms with Crippen molar-refractivity contribution in [1.29, 1.82) is 0 Å². The van der Waals surface area contributed by atoms with Crippen LogP contribution in [0.5, 0.6) is 0 Å². The fraction of sp³-hybridized carbons (Fsp3) is 0.500. The van der Waals surface area contributed by atoms with Crippen LogP contribution in [0.4, 0.5) is 0 Å². The summed E-state index contributed by atoms with van der Waals surface area (Å²) < 4.78 is 4.99. The molecule has 2 rings (SSSR count). The highest BCUT2D eigenvalue weighted by Gasteiger charge is 2.12. The number of hydrogen-bond donors (Lipinski definition) is 0. The lowest BCUT2D eigenvalue weighted by atomic mass is 10.0. The van der Waals surface area contributed by atoms with Gasteiger partial charge in [0, 0.05) is 17.2 Å². The lowest BCUT2D eigenvalue weighted by molar-refractivity contribution is 0.554. The number of thiazole rings is 1. The molecule has 86 valence electrons. The molecule has 0 bridgehead atoms. The van der Waals surface area contributed by atoms with Crippen molar-refractivity contribution in [3.63, 3.8) is 0 Å². The molecule has 1 atom stereocenters. The summed E-state index contributed by atoms with van der Waals surface area (Å²) in [5.41, 5.74) is 2.16. The van der Waals surface area contributed by atoms with Gasteiger partial charge in [0.2, 0.25) is 0 Å². The highest BCUT2D eigenvalue weighted by molar-refractivity contribution is 7.09. The average molecular weight is 236 g/mol. The van der Waals surface area contributed by atoms with Crippen LogP contribution in [0, 0.1) is 0 Å². The van der Waals surface area contributed by atoms with Crippen LogP contribution in [0.25, 0.3) is 0 Å². The first kappa shape index (κ1) is 11.3. The van der Waals surface area contributed by atoms with Gasteiger partial charge < -0.3 is 4.42 Å². The molecule has 0 amide bonds. The highest BCUT2D eigenvalue weighted by atomic mass is 32.1. The summed E-state index contributed by atoms with van der Waals surface area (Å²) in [5, 5.41) is 3.36. The van der Waals surface area contributed by atoms with Gasteiger partial charge >= 0.3 is 0 Å². The quantitative estimate of drug-likeness (QED) is 0.814. The maximum atomic E-state index is 4.99. The fourth-order valence-corrected chi connectivity index (χ4v) is 2.41. The zero-order valence-corrected chi connectivity index (χ0v) is 10.6. The van der Waals surface area contributed by atoms with Gasteiger partial charge in [-0.05, 0) is 6.42 Å². The Morgan fingerprint density at radius 2 is 2.19 bits per heavy atom. The van der Waals surface area contributed by atoms with E-state index in [4.69, 9.17) is 4.42 Å². The maximum absolute atomic E-state index is 4.99. The lowest BCUT2D eigenvalue weighted by Crippen LogP contribution is -1.99. The number of hydrogen-bond acceptors (Lipinski definition) is 4. The Hall–Kier alpha value is -1.16. The van der Waals surface area contributed by atoms with Crippen molar-refractivity contribution in [2.75, 3.05) is 0 Å². The molecule has 0 N–H and O–H groups in total. The van der Waals surface area contributed by atoms with Crippen molar-refractivity contribution in [3.05, 3.63) is 34.4 Å². The van der Waals surface area contributed by atoms with Gasteiger partial charge in [-0.25, -0.2) is 9.97 Å². The summed E-state index contributed by atoms with van der Waals surface area (Å²) >= 11 is 1.74. The van der Waals surface area contributed by atoms with Crippen LogP contribution in [0.1, 0.15) is 49.0 Å². The predicted octanol–water partition coefficient (Wildman–Crippen LogP) is 3.60. The van der Waals surface area contributed by atoms with Gasteiger partial charge in [-0.15, -0.1) is 11.3 Å². The molecule has 0 aliphatic rings. The lowest BCUT2D eigenvalue weighted by Gasteiger charge is -2.04. The minimum absolute atomic E-state index is 0.362. The van der Waals surface area contributed by atoms with E-state index in [-0.39, 0.29) is 0 Å². The average Bonchev–Trinajstić information content (AvgIpc) is 2.87. The molecule has 2 aromatic rings. The van der Waals surface area contributed by atoms with Crippen molar-refractivity contribution < 1.29 is 4.42 Å². The van der Waals surface area contributed by atoms with Crippen LogP contribution in [0.3, 0.4) is 0 Å². The van der Waals surface area contributed by atoms with E-state index >= 15 is 0 Å². The molecule has 0 spiro atoms. The van der Waals surface area contributed by atoms with Crippen LogP contribution in [0.2, 0.25) is 0 Å². The second-order valence-electron chi connectivity index (χ2n) is 4.35. The Balaban J connectivity index is 2.03. The molecule has 3 nitrogen and oxygen atoms in total. The summed E-state index contributed by atoms with van der Waals surface area (Å²) in [4.78, 5) is 8.78. The molecular weight excluding hydrogens is 220 g/mol. The molecule has 0 aliphatic heterocycles.